The molecule has 0 bridgehead atoms. The Morgan fingerprint density at radius 1 is 1.05 bits per heavy atom. The molecule has 1 aromatic heterocycles. The van der Waals surface area contributed by atoms with E-state index in [1.807, 2.05) is 50.2 Å². The maximum absolute atomic E-state index is 13.4. The van der Waals surface area contributed by atoms with Crippen LogP contribution in [-0.4, -0.2) is 65.2 Å². The summed E-state index contributed by atoms with van der Waals surface area (Å²) in [6.45, 7) is 6.59. The normalized spacial score (nSPS) is 19.0. The molecule has 9 nitrogen and oxygen atoms in total. The number of aromatic nitrogens is 2. The van der Waals surface area contributed by atoms with Crippen molar-refractivity contribution in [2.24, 2.45) is 12.5 Å². The number of rotatable bonds is 3. The lowest BCUT2D eigenvalue weighted by molar-refractivity contribution is -0.141. The van der Waals surface area contributed by atoms with Crippen LogP contribution in [0.2, 0.25) is 0 Å². The lowest BCUT2D eigenvalue weighted by atomic mass is 9.73. The van der Waals surface area contributed by atoms with Gasteiger partial charge < -0.3 is 20.3 Å². The molecule has 1 aromatic carbocycles. The van der Waals surface area contributed by atoms with Gasteiger partial charge in [-0.25, -0.2) is 0 Å². The SMILES string of the molecule is Cc1ccc2c(c1)OCCCNC(=O)C1(CCCCNC2=O)CCN(C(=O)CCc2cn(C)nc2C)CC1. The van der Waals surface area contributed by atoms with Crippen molar-refractivity contribution in [3.63, 3.8) is 0 Å². The summed E-state index contributed by atoms with van der Waals surface area (Å²) in [5.41, 5.74) is 3.15. The number of amides is 3. The van der Waals surface area contributed by atoms with Crippen LogP contribution in [0.15, 0.2) is 24.4 Å². The van der Waals surface area contributed by atoms with Gasteiger partial charge in [0.2, 0.25) is 11.8 Å². The highest BCUT2D eigenvalue weighted by Crippen LogP contribution is 2.37. The van der Waals surface area contributed by atoms with Crippen LogP contribution in [0.25, 0.3) is 0 Å². The number of carbonyl (C=O) groups excluding carboxylic acids is 3. The summed E-state index contributed by atoms with van der Waals surface area (Å²) < 4.78 is 7.71. The van der Waals surface area contributed by atoms with Gasteiger partial charge in [0.1, 0.15) is 5.75 Å². The van der Waals surface area contributed by atoms with E-state index in [2.05, 4.69) is 15.7 Å². The molecule has 4 rings (SSSR count). The summed E-state index contributed by atoms with van der Waals surface area (Å²) >= 11 is 0. The molecule has 2 aliphatic rings. The molecule has 0 saturated carbocycles. The summed E-state index contributed by atoms with van der Waals surface area (Å²) in [6.07, 6.45) is 7.43. The number of hydrogen-bond donors (Lipinski definition) is 2. The van der Waals surface area contributed by atoms with Gasteiger partial charge in [-0.15, -0.1) is 0 Å². The topological polar surface area (TPSA) is 106 Å². The molecule has 1 fully saturated rings. The van der Waals surface area contributed by atoms with E-state index in [0.717, 1.165) is 36.1 Å². The van der Waals surface area contributed by atoms with Crippen molar-refractivity contribution in [1.82, 2.24) is 25.3 Å². The third kappa shape index (κ3) is 6.74. The Balaban J connectivity index is 1.34. The second-order valence-corrected chi connectivity index (χ2v) is 10.7. The van der Waals surface area contributed by atoms with Gasteiger partial charge in [0.15, 0.2) is 0 Å². The Morgan fingerprint density at radius 3 is 2.55 bits per heavy atom. The zero-order valence-corrected chi connectivity index (χ0v) is 23.0. The van der Waals surface area contributed by atoms with Crippen molar-refractivity contribution < 1.29 is 19.1 Å². The first-order valence-corrected chi connectivity index (χ1v) is 13.8. The molecule has 2 aromatic rings. The molecule has 9 heteroatoms. The number of aryl methyl sites for hydroxylation is 4. The predicted octanol–water partition coefficient (Wildman–Crippen LogP) is 3.08. The third-order valence-corrected chi connectivity index (χ3v) is 7.89. The molecule has 2 aliphatic heterocycles. The number of nitrogens with one attached hydrogen (secondary N) is 2. The van der Waals surface area contributed by atoms with Crippen LogP contribution < -0.4 is 15.4 Å². The lowest BCUT2D eigenvalue weighted by Gasteiger charge is -2.41. The Hall–Kier alpha value is -3.36. The summed E-state index contributed by atoms with van der Waals surface area (Å²) in [4.78, 5) is 41.0. The van der Waals surface area contributed by atoms with Crippen LogP contribution in [0.4, 0.5) is 0 Å². The first-order chi connectivity index (χ1) is 18.3. The van der Waals surface area contributed by atoms with Crippen LogP contribution >= 0.6 is 0 Å². The van der Waals surface area contributed by atoms with Crippen molar-refractivity contribution >= 4 is 17.7 Å². The Kier molecular flexibility index (Phi) is 9.07. The van der Waals surface area contributed by atoms with Crippen LogP contribution in [-0.2, 0) is 23.1 Å². The lowest BCUT2D eigenvalue weighted by Crippen LogP contribution is -2.50. The van der Waals surface area contributed by atoms with E-state index in [4.69, 9.17) is 4.74 Å². The van der Waals surface area contributed by atoms with Gasteiger partial charge in [-0.1, -0.05) is 12.5 Å². The molecule has 1 spiro atoms. The molecule has 1 saturated heterocycles. The highest BCUT2D eigenvalue weighted by Gasteiger charge is 2.41. The molecule has 0 unspecified atom stereocenters. The molecular formula is C29H41N5O4. The quantitative estimate of drug-likeness (QED) is 0.643. The number of piperidine rings is 1. The molecule has 38 heavy (non-hydrogen) atoms. The number of fused-ring (bicyclic) bond motifs is 1. The summed E-state index contributed by atoms with van der Waals surface area (Å²) in [5.74, 6) is 0.657. The minimum atomic E-state index is -0.484. The summed E-state index contributed by atoms with van der Waals surface area (Å²) in [5, 5.41) is 10.5. The zero-order valence-electron chi connectivity index (χ0n) is 23.0. The first-order valence-electron chi connectivity index (χ1n) is 13.8. The van der Waals surface area contributed by atoms with E-state index >= 15 is 0 Å². The smallest absolute Gasteiger partial charge is 0.255 e. The Bertz CT molecular complexity index is 1150. The molecule has 2 N–H and O–H groups in total. The highest BCUT2D eigenvalue weighted by molar-refractivity contribution is 5.97. The van der Waals surface area contributed by atoms with E-state index in [1.165, 1.54) is 0 Å². The molecule has 3 amide bonds. The van der Waals surface area contributed by atoms with E-state index in [-0.39, 0.29) is 17.7 Å². The largest absolute Gasteiger partial charge is 0.493 e. The zero-order chi connectivity index (χ0) is 27.1. The fraction of sp³-hybridized carbons (Fsp3) is 0.586. The van der Waals surface area contributed by atoms with Gasteiger partial charge in [0.25, 0.3) is 5.91 Å². The standard InChI is InChI=1S/C29H41N5O4/c1-21-7-9-24-25(19-21)38-18-6-15-31-28(37)29(11-4-5-14-30-27(24)36)12-16-34(17-13-29)26(35)10-8-23-20-33(3)32-22(23)2/h7,9,19-20H,4-6,8,10-18H2,1-3H3,(H,30,36)(H,31,37). The van der Waals surface area contributed by atoms with Gasteiger partial charge in [-0.05, 0) is 75.6 Å². The van der Waals surface area contributed by atoms with Gasteiger partial charge in [-0.2, -0.15) is 5.10 Å². The average Bonchev–Trinajstić information content (AvgIpc) is 3.22. The van der Waals surface area contributed by atoms with E-state index in [9.17, 15) is 14.4 Å². The fourth-order valence-electron chi connectivity index (χ4n) is 5.53. The maximum atomic E-state index is 13.4. The minimum absolute atomic E-state index is 0.0748. The van der Waals surface area contributed by atoms with E-state index < -0.39 is 5.41 Å². The van der Waals surface area contributed by atoms with E-state index in [0.29, 0.717) is 76.2 Å². The van der Waals surface area contributed by atoms with Gasteiger partial charge in [0, 0.05) is 45.8 Å². The second-order valence-electron chi connectivity index (χ2n) is 10.7. The average molecular weight is 524 g/mol. The second kappa shape index (κ2) is 12.5. The van der Waals surface area contributed by atoms with Gasteiger partial charge in [0.05, 0.1) is 23.3 Å². The van der Waals surface area contributed by atoms with Crippen LogP contribution in [0, 0.1) is 19.3 Å². The van der Waals surface area contributed by atoms with Crippen molar-refractivity contribution in [1.29, 1.82) is 0 Å². The number of likely N-dealkylation sites (tertiary alicyclic amines) is 1. The van der Waals surface area contributed by atoms with Crippen molar-refractivity contribution in [2.75, 3.05) is 32.8 Å². The highest BCUT2D eigenvalue weighted by atomic mass is 16.5. The van der Waals surface area contributed by atoms with Gasteiger partial charge in [-0.3, -0.25) is 19.1 Å². The molecule has 206 valence electrons. The maximum Gasteiger partial charge on any atom is 0.255 e. The molecule has 3 heterocycles. The Labute approximate surface area is 225 Å². The fourth-order valence-corrected chi connectivity index (χ4v) is 5.53. The number of ether oxygens (including phenoxy) is 1. The number of hydrogen-bond acceptors (Lipinski definition) is 5. The monoisotopic (exact) mass is 523 g/mol. The summed E-state index contributed by atoms with van der Waals surface area (Å²) in [7, 11) is 1.89. The molecular weight excluding hydrogens is 482 g/mol. The number of carbonyl (C=O) groups is 3. The molecule has 0 radical (unpaired) electrons. The van der Waals surface area contributed by atoms with Crippen molar-refractivity contribution in [3.05, 3.63) is 46.8 Å². The Morgan fingerprint density at radius 2 is 1.82 bits per heavy atom. The number of nitrogens with zero attached hydrogens (tertiary/aromatic N) is 3. The van der Waals surface area contributed by atoms with Crippen LogP contribution in [0.1, 0.15) is 72.1 Å². The van der Waals surface area contributed by atoms with Gasteiger partial charge >= 0.3 is 0 Å². The van der Waals surface area contributed by atoms with Crippen molar-refractivity contribution in [2.45, 2.75) is 65.2 Å². The first kappa shape index (κ1) is 27.7. The van der Waals surface area contributed by atoms with Crippen LogP contribution in [0.3, 0.4) is 0 Å². The minimum Gasteiger partial charge on any atom is -0.493 e. The predicted molar refractivity (Wildman–Crippen MR) is 145 cm³/mol. The van der Waals surface area contributed by atoms with E-state index in [1.54, 1.807) is 4.68 Å². The molecule has 0 atom stereocenters. The third-order valence-electron chi connectivity index (χ3n) is 7.89. The van der Waals surface area contributed by atoms with Crippen LogP contribution in [0.5, 0.6) is 5.75 Å². The molecule has 0 aliphatic carbocycles. The number of benzene rings is 1. The van der Waals surface area contributed by atoms with Crippen molar-refractivity contribution in [3.8, 4) is 5.75 Å². The summed E-state index contributed by atoms with van der Waals surface area (Å²) in [6, 6.07) is 5.60.